The smallest absolute Gasteiger partial charge is 0.339 e. The third-order valence-electron chi connectivity index (χ3n) is 2.71. The van der Waals surface area contributed by atoms with Crippen molar-refractivity contribution in [3.05, 3.63) is 17.7 Å². The molecule has 5 heteroatoms. The van der Waals surface area contributed by atoms with Gasteiger partial charge in [-0.2, -0.15) is 0 Å². The molecule has 0 unspecified atom stereocenters. The van der Waals surface area contributed by atoms with Crippen LogP contribution in [0.2, 0.25) is 0 Å². The maximum atomic E-state index is 11.1. The molecule has 1 heterocycles. The Morgan fingerprint density at radius 1 is 1.33 bits per heavy atom. The van der Waals surface area contributed by atoms with Crippen molar-refractivity contribution in [3.8, 4) is 17.2 Å². The predicted molar refractivity (Wildman–Crippen MR) is 64.5 cm³/mol. The number of rotatable bonds is 6. The SMILES string of the molecule is CCCCCOc1cc2c(cc1C(=O)O)OCO2. The van der Waals surface area contributed by atoms with Gasteiger partial charge >= 0.3 is 5.97 Å². The molecule has 0 fully saturated rings. The van der Waals surface area contributed by atoms with Gasteiger partial charge in [-0.1, -0.05) is 19.8 Å². The van der Waals surface area contributed by atoms with Crippen LogP contribution in [0.3, 0.4) is 0 Å². The van der Waals surface area contributed by atoms with Crippen LogP contribution in [0.25, 0.3) is 0 Å². The summed E-state index contributed by atoms with van der Waals surface area (Å²) in [5.41, 5.74) is 0.107. The van der Waals surface area contributed by atoms with Gasteiger partial charge in [0.1, 0.15) is 11.3 Å². The number of hydrogen-bond acceptors (Lipinski definition) is 4. The highest BCUT2D eigenvalue weighted by atomic mass is 16.7. The molecule has 5 nitrogen and oxygen atoms in total. The molecule has 1 aromatic rings. The van der Waals surface area contributed by atoms with Crippen LogP contribution in [0.4, 0.5) is 0 Å². The van der Waals surface area contributed by atoms with Gasteiger partial charge in [-0.25, -0.2) is 4.79 Å². The van der Waals surface area contributed by atoms with Crippen LogP contribution in [0, 0.1) is 0 Å². The van der Waals surface area contributed by atoms with E-state index in [2.05, 4.69) is 6.92 Å². The molecule has 0 atom stereocenters. The van der Waals surface area contributed by atoms with Crippen molar-refractivity contribution in [2.75, 3.05) is 13.4 Å². The number of fused-ring (bicyclic) bond motifs is 1. The number of unbranched alkanes of at least 4 members (excludes halogenated alkanes) is 2. The van der Waals surface area contributed by atoms with Crippen LogP contribution >= 0.6 is 0 Å². The number of hydrogen-bond donors (Lipinski definition) is 1. The fourth-order valence-electron chi connectivity index (χ4n) is 1.74. The van der Waals surface area contributed by atoms with Crippen molar-refractivity contribution in [1.82, 2.24) is 0 Å². The number of carboxylic acids is 1. The molecule has 0 radical (unpaired) electrons. The zero-order chi connectivity index (χ0) is 13.0. The topological polar surface area (TPSA) is 65.0 Å². The highest BCUT2D eigenvalue weighted by Gasteiger charge is 2.21. The monoisotopic (exact) mass is 252 g/mol. The lowest BCUT2D eigenvalue weighted by Crippen LogP contribution is -2.04. The zero-order valence-corrected chi connectivity index (χ0v) is 10.3. The molecule has 0 saturated carbocycles. The molecule has 1 aliphatic rings. The van der Waals surface area contributed by atoms with Crippen molar-refractivity contribution in [3.63, 3.8) is 0 Å². The molecule has 0 aliphatic carbocycles. The van der Waals surface area contributed by atoms with Crippen molar-refractivity contribution < 1.29 is 24.1 Å². The standard InChI is InChI=1S/C13H16O5/c1-2-3-4-5-16-10-7-12-11(17-8-18-12)6-9(10)13(14)15/h6-7H,2-5,8H2,1H3,(H,14,15). The molecule has 2 rings (SSSR count). The Labute approximate surface area is 105 Å². The van der Waals surface area contributed by atoms with E-state index in [1.807, 2.05) is 0 Å². The fraction of sp³-hybridized carbons (Fsp3) is 0.462. The van der Waals surface area contributed by atoms with Crippen molar-refractivity contribution in [2.45, 2.75) is 26.2 Å². The van der Waals surface area contributed by atoms with E-state index in [9.17, 15) is 4.79 Å². The predicted octanol–water partition coefficient (Wildman–Crippen LogP) is 2.68. The lowest BCUT2D eigenvalue weighted by atomic mass is 10.1. The second-order valence-electron chi connectivity index (χ2n) is 4.06. The molecule has 1 aliphatic heterocycles. The van der Waals surface area contributed by atoms with Crippen molar-refractivity contribution >= 4 is 5.97 Å². The van der Waals surface area contributed by atoms with Gasteiger partial charge in [-0.3, -0.25) is 0 Å². The third kappa shape index (κ3) is 2.67. The van der Waals surface area contributed by atoms with E-state index >= 15 is 0 Å². The summed E-state index contributed by atoms with van der Waals surface area (Å²) in [6, 6.07) is 3.03. The number of ether oxygens (including phenoxy) is 3. The van der Waals surface area contributed by atoms with Gasteiger partial charge in [0.05, 0.1) is 6.61 Å². The minimum absolute atomic E-state index is 0.107. The third-order valence-corrected chi connectivity index (χ3v) is 2.71. The van der Waals surface area contributed by atoms with Crippen LogP contribution < -0.4 is 14.2 Å². The summed E-state index contributed by atoms with van der Waals surface area (Å²) in [6.45, 7) is 2.73. The minimum Gasteiger partial charge on any atom is -0.493 e. The highest BCUT2D eigenvalue weighted by molar-refractivity contribution is 5.92. The first-order valence-electron chi connectivity index (χ1n) is 6.02. The quantitative estimate of drug-likeness (QED) is 0.788. The van der Waals surface area contributed by atoms with Crippen LogP contribution in [0.5, 0.6) is 17.2 Å². The minimum atomic E-state index is -1.03. The highest BCUT2D eigenvalue weighted by Crippen LogP contribution is 2.38. The second-order valence-corrected chi connectivity index (χ2v) is 4.06. The van der Waals surface area contributed by atoms with Crippen LogP contribution in [-0.2, 0) is 0 Å². The van der Waals surface area contributed by atoms with Gasteiger partial charge in [0.2, 0.25) is 6.79 Å². The Morgan fingerprint density at radius 2 is 2.06 bits per heavy atom. The van der Waals surface area contributed by atoms with Crippen molar-refractivity contribution in [1.29, 1.82) is 0 Å². The van der Waals surface area contributed by atoms with Gasteiger partial charge in [0.15, 0.2) is 11.5 Å². The maximum absolute atomic E-state index is 11.1. The van der Waals surface area contributed by atoms with Crippen LogP contribution in [-0.4, -0.2) is 24.5 Å². The molecule has 98 valence electrons. The molecule has 0 bridgehead atoms. The molecule has 0 saturated heterocycles. The normalized spacial score (nSPS) is 12.5. The summed E-state index contributed by atoms with van der Waals surface area (Å²) in [6.07, 6.45) is 3.06. The lowest BCUT2D eigenvalue weighted by molar-refractivity contribution is 0.0691. The van der Waals surface area contributed by atoms with Gasteiger partial charge in [-0.05, 0) is 6.42 Å². The van der Waals surface area contributed by atoms with E-state index in [1.54, 1.807) is 6.07 Å². The lowest BCUT2D eigenvalue weighted by Gasteiger charge is -2.09. The summed E-state index contributed by atoms with van der Waals surface area (Å²) in [5, 5.41) is 9.12. The summed E-state index contributed by atoms with van der Waals surface area (Å²) in [4.78, 5) is 11.1. The van der Waals surface area contributed by atoms with Gasteiger partial charge < -0.3 is 19.3 Å². The first kappa shape index (κ1) is 12.5. The van der Waals surface area contributed by atoms with E-state index in [1.165, 1.54) is 6.07 Å². The Hall–Kier alpha value is -1.91. The molecule has 1 aromatic carbocycles. The Morgan fingerprint density at radius 3 is 2.72 bits per heavy atom. The molecule has 1 N–H and O–H groups in total. The van der Waals surface area contributed by atoms with Gasteiger partial charge in [0, 0.05) is 12.1 Å². The van der Waals surface area contributed by atoms with Gasteiger partial charge in [0.25, 0.3) is 0 Å². The maximum Gasteiger partial charge on any atom is 0.339 e. The van der Waals surface area contributed by atoms with Crippen molar-refractivity contribution in [2.24, 2.45) is 0 Å². The summed E-state index contributed by atoms with van der Waals surface area (Å²) >= 11 is 0. The van der Waals surface area contributed by atoms with E-state index in [0.29, 0.717) is 23.9 Å². The van der Waals surface area contributed by atoms with E-state index in [0.717, 1.165) is 19.3 Å². The van der Waals surface area contributed by atoms with E-state index in [-0.39, 0.29) is 12.4 Å². The first-order chi connectivity index (χ1) is 8.72. The molecule has 0 aromatic heterocycles. The molecule has 18 heavy (non-hydrogen) atoms. The largest absolute Gasteiger partial charge is 0.493 e. The Kier molecular flexibility index (Phi) is 3.92. The Bertz CT molecular complexity index is 441. The average molecular weight is 252 g/mol. The van der Waals surface area contributed by atoms with Gasteiger partial charge in [-0.15, -0.1) is 0 Å². The number of aromatic carboxylic acids is 1. The molecular weight excluding hydrogens is 236 g/mol. The summed E-state index contributed by atoms with van der Waals surface area (Å²) in [5.74, 6) is 0.292. The average Bonchev–Trinajstić information content (AvgIpc) is 2.80. The summed E-state index contributed by atoms with van der Waals surface area (Å²) < 4.78 is 15.9. The first-order valence-corrected chi connectivity index (χ1v) is 6.02. The van der Waals surface area contributed by atoms with E-state index < -0.39 is 5.97 Å². The number of carboxylic acid groups (broad SMARTS) is 1. The zero-order valence-electron chi connectivity index (χ0n) is 10.3. The van der Waals surface area contributed by atoms with E-state index in [4.69, 9.17) is 19.3 Å². The van der Waals surface area contributed by atoms with Crippen LogP contribution in [0.15, 0.2) is 12.1 Å². The van der Waals surface area contributed by atoms with Crippen LogP contribution in [0.1, 0.15) is 36.5 Å². The molecular formula is C13H16O5. The number of carbonyl (C=O) groups is 1. The summed E-state index contributed by atoms with van der Waals surface area (Å²) in [7, 11) is 0. The Balaban J connectivity index is 2.14. The molecule has 0 spiro atoms. The molecule has 0 amide bonds. The fourth-order valence-corrected chi connectivity index (χ4v) is 1.74. The number of benzene rings is 1. The second kappa shape index (κ2) is 5.62.